The molecule has 0 saturated carbocycles. The second-order valence-electron chi connectivity index (χ2n) is 4.96. The van der Waals surface area contributed by atoms with Crippen molar-refractivity contribution in [2.75, 3.05) is 6.73 Å². The van der Waals surface area contributed by atoms with Crippen molar-refractivity contribution in [3.8, 4) is 0 Å². The van der Waals surface area contributed by atoms with E-state index in [2.05, 4.69) is 26.2 Å². The van der Waals surface area contributed by atoms with E-state index in [1.54, 1.807) is 12.1 Å². The third-order valence-corrected chi connectivity index (χ3v) is 4.19. The van der Waals surface area contributed by atoms with Crippen LogP contribution in [0.3, 0.4) is 0 Å². The average molecular weight is 359 g/mol. The highest BCUT2D eigenvalue weighted by atomic mass is 79.9. The van der Waals surface area contributed by atoms with Gasteiger partial charge in [-0.2, -0.15) is 0 Å². The zero-order chi connectivity index (χ0) is 15.3. The quantitative estimate of drug-likeness (QED) is 0.480. The maximum Gasteiger partial charge on any atom is 0.255 e. The Balaban J connectivity index is 2.07. The van der Waals surface area contributed by atoms with E-state index in [9.17, 15) is 4.79 Å². The normalized spacial score (nSPS) is 11.5. The molecular formula is C16H11BrN2O3. The molecule has 0 bridgehead atoms. The lowest BCUT2D eigenvalue weighted by molar-refractivity contribution is 0.0912. The van der Waals surface area contributed by atoms with Crippen molar-refractivity contribution in [2.45, 2.75) is 0 Å². The Morgan fingerprint density at radius 1 is 1.23 bits per heavy atom. The minimum Gasteiger partial charge on any atom is -0.454 e. The third kappa shape index (κ3) is 1.84. The summed E-state index contributed by atoms with van der Waals surface area (Å²) in [6.45, 7) is -0.401. The molecule has 4 aromatic rings. The molecule has 0 fully saturated rings. The van der Waals surface area contributed by atoms with Gasteiger partial charge in [0.2, 0.25) is 0 Å². The summed E-state index contributed by atoms with van der Waals surface area (Å²) in [5.41, 5.74) is 3.54. The summed E-state index contributed by atoms with van der Waals surface area (Å²) in [7, 11) is 0. The number of aromatic nitrogens is 1. The molecule has 0 radical (unpaired) electrons. The molecule has 0 unspecified atom stereocenters. The molecule has 0 atom stereocenters. The number of aliphatic hydroxyl groups excluding tert-OH is 1. The minimum atomic E-state index is -0.401. The number of carbonyl (C=O) groups excluding carboxylic acids is 1. The Bertz CT molecular complexity index is 1030. The van der Waals surface area contributed by atoms with Crippen LogP contribution >= 0.6 is 15.9 Å². The molecule has 2 heterocycles. The summed E-state index contributed by atoms with van der Waals surface area (Å²) in [6, 6.07) is 11.2. The molecular weight excluding hydrogens is 348 g/mol. The molecule has 0 aliphatic carbocycles. The van der Waals surface area contributed by atoms with E-state index in [0.717, 1.165) is 31.9 Å². The maximum absolute atomic E-state index is 12.0. The summed E-state index contributed by atoms with van der Waals surface area (Å²) >= 11 is 3.46. The van der Waals surface area contributed by atoms with Gasteiger partial charge in [-0.05, 0) is 30.3 Å². The number of halogens is 1. The smallest absolute Gasteiger partial charge is 0.255 e. The number of nitrogens with one attached hydrogen (secondary N) is 2. The molecule has 0 saturated heterocycles. The summed E-state index contributed by atoms with van der Waals surface area (Å²) in [6.07, 6.45) is 0. The first-order valence-electron chi connectivity index (χ1n) is 6.70. The standard InChI is InChI=1S/C16H11BrN2O3/c17-8-4-5-12-11(6-8)14-15(22-12)9-2-1-3-10(13(9)19-14)16(21)18-7-20/h1-6,19-20H,7H2,(H,18,21). The van der Waals surface area contributed by atoms with Gasteiger partial charge in [0.1, 0.15) is 12.3 Å². The summed E-state index contributed by atoms with van der Waals surface area (Å²) in [5, 5.41) is 13.1. The number of fused-ring (bicyclic) bond motifs is 5. The van der Waals surface area contributed by atoms with Crippen LogP contribution in [0.25, 0.3) is 33.0 Å². The van der Waals surface area contributed by atoms with Gasteiger partial charge in [-0.3, -0.25) is 4.79 Å². The van der Waals surface area contributed by atoms with E-state index in [0.29, 0.717) is 11.1 Å². The Kier molecular flexibility index (Phi) is 2.95. The number of para-hydroxylation sites is 1. The van der Waals surface area contributed by atoms with Gasteiger partial charge >= 0.3 is 0 Å². The van der Waals surface area contributed by atoms with Gasteiger partial charge in [-0.1, -0.05) is 22.0 Å². The Labute approximate surface area is 133 Å². The second kappa shape index (κ2) is 4.86. The van der Waals surface area contributed by atoms with Crippen LogP contribution in [-0.2, 0) is 0 Å². The van der Waals surface area contributed by atoms with Crippen LogP contribution in [0.5, 0.6) is 0 Å². The molecule has 2 aromatic heterocycles. The summed E-state index contributed by atoms with van der Waals surface area (Å²) < 4.78 is 6.88. The van der Waals surface area contributed by atoms with Crippen molar-refractivity contribution in [3.63, 3.8) is 0 Å². The fourth-order valence-corrected chi connectivity index (χ4v) is 3.10. The van der Waals surface area contributed by atoms with Gasteiger partial charge in [0.25, 0.3) is 5.91 Å². The van der Waals surface area contributed by atoms with Gasteiger partial charge in [0.15, 0.2) is 5.58 Å². The van der Waals surface area contributed by atoms with Gasteiger partial charge in [-0.15, -0.1) is 0 Å². The van der Waals surface area contributed by atoms with Crippen molar-refractivity contribution in [3.05, 3.63) is 46.4 Å². The molecule has 5 nitrogen and oxygen atoms in total. The van der Waals surface area contributed by atoms with Crippen LogP contribution in [-0.4, -0.2) is 22.7 Å². The van der Waals surface area contributed by atoms with Crippen molar-refractivity contribution in [1.82, 2.24) is 10.3 Å². The summed E-state index contributed by atoms with van der Waals surface area (Å²) in [4.78, 5) is 15.3. The monoisotopic (exact) mass is 358 g/mol. The lowest BCUT2D eigenvalue weighted by Crippen LogP contribution is -2.24. The number of aromatic amines is 1. The second-order valence-corrected chi connectivity index (χ2v) is 5.88. The van der Waals surface area contributed by atoms with Gasteiger partial charge in [0.05, 0.1) is 16.6 Å². The summed E-state index contributed by atoms with van der Waals surface area (Å²) in [5.74, 6) is -0.331. The largest absolute Gasteiger partial charge is 0.454 e. The fraction of sp³-hybridized carbons (Fsp3) is 0.0625. The zero-order valence-electron chi connectivity index (χ0n) is 11.3. The van der Waals surface area contributed by atoms with Gasteiger partial charge < -0.3 is 19.8 Å². The van der Waals surface area contributed by atoms with Crippen LogP contribution in [0, 0.1) is 0 Å². The fourth-order valence-electron chi connectivity index (χ4n) is 2.74. The van der Waals surface area contributed by atoms with Crippen LogP contribution < -0.4 is 5.32 Å². The van der Waals surface area contributed by atoms with Crippen molar-refractivity contribution >= 4 is 54.8 Å². The Morgan fingerprint density at radius 3 is 2.91 bits per heavy atom. The minimum absolute atomic E-state index is 0.331. The van der Waals surface area contributed by atoms with Crippen LogP contribution in [0.1, 0.15) is 10.4 Å². The number of furan rings is 1. The number of H-pyrrole nitrogens is 1. The topological polar surface area (TPSA) is 78.3 Å². The molecule has 4 rings (SSSR count). The lowest BCUT2D eigenvalue weighted by atomic mass is 10.1. The molecule has 2 aromatic carbocycles. The van der Waals surface area contributed by atoms with Crippen LogP contribution in [0.15, 0.2) is 45.3 Å². The first-order chi connectivity index (χ1) is 10.7. The van der Waals surface area contributed by atoms with Crippen LogP contribution in [0.2, 0.25) is 0 Å². The molecule has 22 heavy (non-hydrogen) atoms. The SMILES string of the molecule is O=C(NCO)c1cccc2c1[nH]c1c3cc(Br)ccc3oc21. The molecule has 110 valence electrons. The molecule has 1 amide bonds. The maximum atomic E-state index is 12.0. The number of carbonyl (C=O) groups is 1. The molecule has 0 spiro atoms. The predicted molar refractivity (Wildman–Crippen MR) is 87.8 cm³/mol. The highest BCUT2D eigenvalue weighted by Gasteiger charge is 2.17. The van der Waals surface area contributed by atoms with Gasteiger partial charge in [-0.25, -0.2) is 0 Å². The van der Waals surface area contributed by atoms with Gasteiger partial charge in [0, 0.05) is 15.2 Å². The van der Waals surface area contributed by atoms with Crippen molar-refractivity contribution in [1.29, 1.82) is 0 Å². The van der Waals surface area contributed by atoms with Crippen molar-refractivity contribution < 1.29 is 14.3 Å². The molecule has 6 heteroatoms. The van der Waals surface area contributed by atoms with E-state index in [4.69, 9.17) is 9.52 Å². The van der Waals surface area contributed by atoms with E-state index in [1.165, 1.54) is 0 Å². The number of rotatable bonds is 2. The highest BCUT2D eigenvalue weighted by Crippen LogP contribution is 2.36. The Hall–Kier alpha value is -2.31. The van der Waals surface area contributed by atoms with E-state index >= 15 is 0 Å². The highest BCUT2D eigenvalue weighted by molar-refractivity contribution is 9.10. The number of hydrogen-bond donors (Lipinski definition) is 3. The average Bonchev–Trinajstić information content (AvgIpc) is 3.03. The molecule has 0 aliphatic rings. The van der Waals surface area contributed by atoms with E-state index < -0.39 is 6.73 Å². The number of hydrogen-bond acceptors (Lipinski definition) is 3. The predicted octanol–water partition coefficient (Wildman–Crippen LogP) is 3.51. The number of benzene rings is 2. The molecule has 3 N–H and O–H groups in total. The van der Waals surface area contributed by atoms with Crippen molar-refractivity contribution in [2.24, 2.45) is 0 Å². The number of amides is 1. The first kappa shape index (κ1) is 13.4. The third-order valence-electron chi connectivity index (χ3n) is 3.69. The lowest BCUT2D eigenvalue weighted by Gasteiger charge is -2.02. The number of aliphatic hydroxyl groups is 1. The molecule has 0 aliphatic heterocycles. The first-order valence-corrected chi connectivity index (χ1v) is 7.50. The van der Waals surface area contributed by atoms with Crippen LogP contribution in [0.4, 0.5) is 0 Å². The zero-order valence-corrected chi connectivity index (χ0v) is 12.9. The Morgan fingerprint density at radius 2 is 2.09 bits per heavy atom. The van der Waals surface area contributed by atoms with E-state index in [-0.39, 0.29) is 5.91 Å². The van der Waals surface area contributed by atoms with E-state index in [1.807, 2.05) is 24.3 Å².